The molecule has 3 aromatic rings. The average Bonchev–Trinajstić information content (AvgIpc) is 2.64. The van der Waals surface area contributed by atoms with Gasteiger partial charge in [0.25, 0.3) is 0 Å². The van der Waals surface area contributed by atoms with Gasteiger partial charge >= 0.3 is 0 Å². The predicted octanol–water partition coefficient (Wildman–Crippen LogP) is 4.15. The number of amides is 1. The minimum absolute atomic E-state index is 0.161. The van der Waals surface area contributed by atoms with E-state index in [1.807, 2.05) is 19.1 Å². The van der Waals surface area contributed by atoms with Crippen molar-refractivity contribution in [2.75, 3.05) is 5.32 Å². The summed E-state index contributed by atoms with van der Waals surface area (Å²) in [6.07, 6.45) is 2.94. The number of hydrogen-bond donors (Lipinski definition) is 1. The number of hydrogen-bond acceptors (Lipinski definition) is 4. The topological polar surface area (TPSA) is 64.1 Å². The van der Waals surface area contributed by atoms with Crippen LogP contribution in [0.15, 0.2) is 67.1 Å². The molecule has 1 atom stereocenters. The molecule has 0 bridgehead atoms. The van der Waals surface area contributed by atoms with E-state index in [0.29, 0.717) is 17.3 Å². The van der Waals surface area contributed by atoms with Crippen molar-refractivity contribution in [2.45, 2.75) is 12.8 Å². The van der Waals surface area contributed by atoms with Gasteiger partial charge in [-0.25, -0.2) is 14.4 Å². The van der Waals surface area contributed by atoms with Crippen LogP contribution in [0, 0.1) is 5.82 Å². The highest BCUT2D eigenvalue weighted by molar-refractivity contribution is 5.94. The van der Waals surface area contributed by atoms with Crippen LogP contribution in [0.5, 0.6) is 11.5 Å². The number of ether oxygens (including phenoxy) is 1. The molecule has 1 N–H and O–H groups in total. The summed E-state index contributed by atoms with van der Waals surface area (Å²) in [7, 11) is 0. The molecule has 3 rings (SSSR count). The molecule has 0 fully saturated rings. The number of nitrogens with one attached hydrogen (secondary N) is 1. The second kappa shape index (κ2) is 7.53. The zero-order valence-corrected chi connectivity index (χ0v) is 13.5. The van der Waals surface area contributed by atoms with E-state index >= 15 is 0 Å². The number of benzene rings is 2. The lowest BCUT2D eigenvalue weighted by Crippen LogP contribution is -2.19. The highest BCUT2D eigenvalue weighted by Crippen LogP contribution is 2.24. The van der Waals surface area contributed by atoms with Crippen LogP contribution in [0.3, 0.4) is 0 Å². The molecule has 126 valence electrons. The van der Waals surface area contributed by atoms with E-state index in [4.69, 9.17) is 4.74 Å². The van der Waals surface area contributed by atoms with Crippen LogP contribution in [0.25, 0.3) is 0 Å². The number of nitrogens with zero attached hydrogens (tertiary/aromatic N) is 2. The van der Waals surface area contributed by atoms with E-state index in [1.165, 1.54) is 18.5 Å². The van der Waals surface area contributed by atoms with Gasteiger partial charge in [0.1, 0.15) is 29.5 Å². The zero-order valence-electron chi connectivity index (χ0n) is 13.5. The summed E-state index contributed by atoms with van der Waals surface area (Å²) in [6, 6.07) is 14.6. The molecular weight excluding hydrogens is 321 g/mol. The Morgan fingerprint density at radius 1 is 1.04 bits per heavy atom. The molecule has 6 heteroatoms. The molecular formula is C19H16FN3O2. The number of rotatable bonds is 5. The van der Waals surface area contributed by atoms with Crippen molar-refractivity contribution in [1.29, 1.82) is 0 Å². The molecule has 1 unspecified atom stereocenters. The standard InChI is InChI=1S/C19H16FN3O2/c1-13(19(24)23-18-10-11-21-12-22-18)14-2-6-16(7-3-14)25-17-8-4-15(20)5-9-17/h2-13H,1H3,(H,21,22,23,24). The summed E-state index contributed by atoms with van der Waals surface area (Å²) in [5.41, 5.74) is 0.845. The normalized spacial score (nSPS) is 11.6. The van der Waals surface area contributed by atoms with E-state index in [-0.39, 0.29) is 17.6 Å². The highest BCUT2D eigenvalue weighted by Gasteiger charge is 2.16. The third kappa shape index (κ3) is 4.38. The Labute approximate surface area is 144 Å². The molecule has 1 heterocycles. The van der Waals surface area contributed by atoms with Gasteiger partial charge in [-0.1, -0.05) is 12.1 Å². The first kappa shape index (κ1) is 16.6. The number of anilines is 1. The predicted molar refractivity (Wildman–Crippen MR) is 92.0 cm³/mol. The van der Waals surface area contributed by atoms with Crippen LogP contribution in [0.1, 0.15) is 18.4 Å². The molecule has 0 saturated carbocycles. The molecule has 0 aliphatic rings. The minimum Gasteiger partial charge on any atom is -0.457 e. The number of aromatic nitrogens is 2. The first-order valence-corrected chi connectivity index (χ1v) is 7.72. The van der Waals surface area contributed by atoms with Gasteiger partial charge in [-0.05, 0) is 55.0 Å². The molecule has 25 heavy (non-hydrogen) atoms. The fourth-order valence-electron chi connectivity index (χ4n) is 2.21. The van der Waals surface area contributed by atoms with Gasteiger partial charge in [0.2, 0.25) is 5.91 Å². The summed E-state index contributed by atoms with van der Waals surface area (Å²) < 4.78 is 18.5. The average molecular weight is 337 g/mol. The van der Waals surface area contributed by atoms with Gasteiger partial charge < -0.3 is 10.1 Å². The van der Waals surface area contributed by atoms with Crippen molar-refractivity contribution < 1.29 is 13.9 Å². The third-order valence-electron chi connectivity index (χ3n) is 3.66. The summed E-state index contributed by atoms with van der Waals surface area (Å²) in [5.74, 6) is 0.789. The third-order valence-corrected chi connectivity index (χ3v) is 3.66. The molecule has 0 aliphatic heterocycles. The monoisotopic (exact) mass is 337 g/mol. The fourth-order valence-corrected chi connectivity index (χ4v) is 2.21. The fraction of sp³-hybridized carbons (Fsp3) is 0.105. The molecule has 0 saturated heterocycles. The summed E-state index contributed by atoms with van der Waals surface area (Å²) in [5, 5.41) is 2.74. The van der Waals surface area contributed by atoms with E-state index in [0.717, 1.165) is 5.56 Å². The van der Waals surface area contributed by atoms with Crippen molar-refractivity contribution in [3.63, 3.8) is 0 Å². The van der Waals surface area contributed by atoms with Crippen LogP contribution in [0.2, 0.25) is 0 Å². The molecule has 5 nitrogen and oxygen atoms in total. The highest BCUT2D eigenvalue weighted by atomic mass is 19.1. The maximum absolute atomic E-state index is 12.9. The number of halogens is 1. The number of carbonyl (C=O) groups is 1. The molecule has 0 spiro atoms. The lowest BCUT2D eigenvalue weighted by molar-refractivity contribution is -0.117. The van der Waals surface area contributed by atoms with Gasteiger partial charge in [-0.2, -0.15) is 0 Å². The lowest BCUT2D eigenvalue weighted by atomic mass is 10.0. The van der Waals surface area contributed by atoms with E-state index < -0.39 is 0 Å². The van der Waals surface area contributed by atoms with Gasteiger partial charge in [-0.3, -0.25) is 4.79 Å². The summed E-state index contributed by atoms with van der Waals surface area (Å²) in [6.45, 7) is 1.81. The molecule has 0 radical (unpaired) electrons. The van der Waals surface area contributed by atoms with Crippen molar-refractivity contribution in [1.82, 2.24) is 9.97 Å². The first-order valence-electron chi connectivity index (χ1n) is 7.72. The van der Waals surface area contributed by atoms with Gasteiger partial charge in [0.05, 0.1) is 5.92 Å². The second-order valence-electron chi connectivity index (χ2n) is 5.43. The Bertz CT molecular complexity index is 837. The smallest absolute Gasteiger partial charge is 0.232 e. The Morgan fingerprint density at radius 3 is 2.28 bits per heavy atom. The van der Waals surface area contributed by atoms with Crippen molar-refractivity contribution in [3.8, 4) is 11.5 Å². The second-order valence-corrected chi connectivity index (χ2v) is 5.43. The Kier molecular flexibility index (Phi) is 4.99. The number of carbonyl (C=O) groups excluding carboxylic acids is 1. The SMILES string of the molecule is CC(C(=O)Nc1ccncn1)c1ccc(Oc2ccc(F)cc2)cc1. The van der Waals surface area contributed by atoms with Crippen LogP contribution in [0.4, 0.5) is 10.2 Å². The van der Waals surface area contributed by atoms with Crippen LogP contribution in [-0.4, -0.2) is 15.9 Å². The largest absolute Gasteiger partial charge is 0.457 e. The van der Waals surface area contributed by atoms with Crippen molar-refractivity contribution >= 4 is 11.7 Å². The quantitative estimate of drug-likeness (QED) is 0.759. The van der Waals surface area contributed by atoms with Crippen LogP contribution in [-0.2, 0) is 4.79 Å². The maximum atomic E-state index is 12.9. The van der Waals surface area contributed by atoms with Crippen molar-refractivity contribution in [3.05, 3.63) is 78.5 Å². The first-order chi connectivity index (χ1) is 12.1. The van der Waals surface area contributed by atoms with Crippen molar-refractivity contribution in [2.24, 2.45) is 0 Å². The summed E-state index contributed by atoms with van der Waals surface area (Å²) >= 11 is 0. The molecule has 1 aromatic heterocycles. The van der Waals surface area contributed by atoms with E-state index in [2.05, 4.69) is 15.3 Å². The van der Waals surface area contributed by atoms with E-state index in [9.17, 15) is 9.18 Å². The molecule has 0 aliphatic carbocycles. The molecule has 2 aromatic carbocycles. The lowest BCUT2D eigenvalue weighted by Gasteiger charge is -2.13. The minimum atomic E-state index is -0.352. The Hall–Kier alpha value is -3.28. The van der Waals surface area contributed by atoms with Gasteiger partial charge in [0.15, 0.2) is 0 Å². The maximum Gasteiger partial charge on any atom is 0.232 e. The van der Waals surface area contributed by atoms with Gasteiger partial charge in [0, 0.05) is 6.20 Å². The zero-order chi connectivity index (χ0) is 17.6. The van der Waals surface area contributed by atoms with Crippen LogP contribution >= 0.6 is 0 Å². The Morgan fingerprint density at radius 2 is 1.68 bits per heavy atom. The molecule has 1 amide bonds. The van der Waals surface area contributed by atoms with Gasteiger partial charge in [-0.15, -0.1) is 0 Å². The van der Waals surface area contributed by atoms with E-state index in [1.54, 1.807) is 36.5 Å². The van der Waals surface area contributed by atoms with Crippen LogP contribution < -0.4 is 10.1 Å². The Balaban J connectivity index is 1.64. The summed E-state index contributed by atoms with van der Waals surface area (Å²) in [4.78, 5) is 20.1.